The van der Waals surface area contributed by atoms with Crippen molar-refractivity contribution in [2.75, 3.05) is 7.05 Å². The lowest BCUT2D eigenvalue weighted by molar-refractivity contribution is 0.478. The van der Waals surface area contributed by atoms with Gasteiger partial charge >= 0.3 is 0 Å². The molecule has 0 radical (unpaired) electrons. The van der Waals surface area contributed by atoms with E-state index in [9.17, 15) is 0 Å². The highest BCUT2D eigenvalue weighted by atomic mass is 127. The van der Waals surface area contributed by atoms with Gasteiger partial charge in [-0.1, -0.05) is 0 Å². The Labute approximate surface area is 121 Å². The number of pyridine rings is 1. The third-order valence-electron chi connectivity index (χ3n) is 2.69. The molecule has 1 unspecified atom stereocenters. The Morgan fingerprint density at radius 3 is 2.33 bits per heavy atom. The lowest BCUT2D eigenvalue weighted by Gasteiger charge is -2.10. The van der Waals surface area contributed by atoms with E-state index in [1.54, 1.807) is 6.20 Å². The minimum atomic E-state index is 0.248. The van der Waals surface area contributed by atoms with Crippen molar-refractivity contribution in [2.24, 2.45) is 0 Å². The molecule has 2 aromatic rings. The largest absolute Gasteiger partial charge is 0.456 e. The Balaban J connectivity index is 2.08. The van der Waals surface area contributed by atoms with Crippen molar-refractivity contribution in [2.45, 2.75) is 13.0 Å². The molecule has 3 nitrogen and oxygen atoms in total. The van der Waals surface area contributed by atoms with Crippen LogP contribution < -0.4 is 10.1 Å². The molecular formula is C14H15IN2O. The summed E-state index contributed by atoms with van der Waals surface area (Å²) >= 11 is 2.27. The van der Waals surface area contributed by atoms with E-state index in [1.165, 1.54) is 3.57 Å². The van der Waals surface area contributed by atoms with E-state index in [2.05, 4.69) is 39.8 Å². The molecule has 1 aromatic carbocycles. The van der Waals surface area contributed by atoms with Gasteiger partial charge in [0.25, 0.3) is 0 Å². The Morgan fingerprint density at radius 1 is 1.11 bits per heavy atom. The summed E-state index contributed by atoms with van der Waals surface area (Å²) in [5.41, 5.74) is 1.01. The minimum Gasteiger partial charge on any atom is -0.456 e. The topological polar surface area (TPSA) is 34.1 Å². The number of nitrogens with zero attached hydrogens (tertiary/aromatic N) is 1. The molecule has 1 atom stereocenters. The zero-order valence-corrected chi connectivity index (χ0v) is 12.5. The first-order chi connectivity index (χ1) is 8.69. The Kier molecular flexibility index (Phi) is 4.54. The van der Waals surface area contributed by atoms with Gasteiger partial charge in [0.05, 0.1) is 11.9 Å². The molecule has 0 aliphatic rings. The van der Waals surface area contributed by atoms with Gasteiger partial charge in [-0.15, -0.1) is 0 Å². The van der Waals surface area contributed by atoms with Crippen LogP contribution in [0.5, 0.6) is 11.5 Å². The van der Waals surface area contributed by atoms with Crippen LogP contribution in [0.25, 0.3) is 0 Å². The SMILES string of the molecule is CNC(C)c1ccc(Oc2ccc(I)cc2)cn1. The Bertz CT molecular complexity index is 496. The predicted octanol–water partition coefficient (Wildman–Crippen LogP) is 3.76. The number of nitrogens with one attached hydrogen (secondary N) is 1. The van der Waals surface area contributed by atoms with E-state index in [1.807, 2.05) is 43.4 Å². The molecule has 0 saturated heterocycles. The average molecular weight is 354 g/mol. The van der Waals surface area contributed by atoms with Crippen molar-refractivity contribution in [1.82, 2.24) is 10.3 Å². The first-order valence-electron chi connectivity index (χ1n) is 5.75. The molecule has 4 heteroatoms. The van der Waals surface area contributed by atoms with Gasteiger partial charge in [-0.2, -0.15) is 0 Å². The molecule has 1 aromatic heterocycles. The number of hydrogen-bond donors (Lipinski definition) is 1. The summed E-state index contributed by atoms with van der Waals surface area (Å²) in [6.45, 7) is 2.07. The second kappa shape index (κ2) is 6.15. The molecular weight excluding hydrogens is 339 g/mol. The van der Waals surface area contributed by atoms with Gasteiger partial charge in [0.15, 0.2) is 0 Å². The van der Waals surface area contributed by atoms with Crippen molar-refractivity contribution in [3.8, 4) is 11.5 Å². The molecule has 0 saturated carbocycles. The highest BCUT2D eigenvalue weighted by molar-refractivity contribution is 14.1. The standard InChI is InChI=1S/C14H15IN2O/c1-10(16-2)14-8-7-13(9-17-14)18-12-5-3-11(15)4-6-12/h3-10,16H,1-2H3. The molecule has 2 rings (SSSR count). The van der Waals surface area contributed by atoms with E-state index in [0.29, 0.717) is 0 Å². The van der Waals surface area contributed by atoms with Crippen LogP contribution in [0.3, 0.4) is 0 Å². The van der Waals surface area contributed by atoms with Gasteiger partial charge in [0, 0.05) is 9.61 Å². The summed E-state index contributed by atoms with van der Waals surface area (Å²) in [6.07, 6.45) is 1.75. The zero-order valence-electron chi connectivity index (χ0n) is 10.4. The lowest BCUT2D eigenvalue weighted by Crippen LogP contribution is -2.13. The smallest absolute Gasteiger partial charge is 0.145 e. The quantitative estimate of drug-likeness (QED) is 0.849. The van der Waals surface area contributed by atoms with Crippen LogP contribution in [0.4, 0.5) is 0 Å². The maximum Gasteiger partial charge on any atom is 0.145 e. The van der Waals surface area contributed by atoms with Crippen LogP contribution in [0.2, 0.25) is 0 Å². The Morgan fingerprint density at radius 2 is 1.78 bits per heavy atom. The first kappa shape index (κ1) is 13.3. The summed E-state index contributed by atoms with van der Waals surface area (Å²) in [4.78, 5) is 4.37. The number of ether oxygens (including phenoxy) is 1. The molecule has 0 bridgehead atoms. The number of hydrogen-bond acceptors (Lipinski definition) is 3. The van der Waals surface area contributed by atoms with Gasteiger partial charge in [0.2, 0.25) is 0 Å². The fraction of sp³-hybridized carbons (Fsp3) is 0.214. The van der Waals surface area contributed by atoms with Gasteiger partial charge in [-0.25, -0.2) is 0 Å². The van der Waals surface area contributed by atoms with Crippen LogP contribution in [-0.2, 0) is 0 Å². The van der Waals surface area contributed by atoms with Crippen LogP contribution >= 0.6 is 22.6 Å². The molecule has 1 heterocycles. The summed E-state index contributed by atoms with van der Waals surface area (Å²) < 4.78 is 6.91. The van der Waals surface area contributed by atoms with E-state index < -0.39 is 0 Å². The van der Waals surface area contributed by atoms with Crippen molar-refractivity contribution >= 4 is 22.6 Å². The number of benzene rings is 1. The lowest BCUT2D eigenvalue weighted by atomic mass is 10.2. The zero-order chi connectivity index (χ0) is 13.0. The maximum atomic E-state index is 5.72. The van der Waals surface area contributed by atoms with Crippen LogP contribution in [-0.4, -0.2) is 12.0 Å². The summed E-state index contributed by atoms with van der Waals surface area (Å²) in [6, 6.07) is 12.1. The van der Waals surface area contributed by atoms with Crippen molar-refractivity contribution in [1.29, 1.82) is 0 Å². The second-order valence-corrected chi connectivity index (χ2v) is 5.23. The molecule has 0 amide bonds. The Hall–Kier alpha value is -1.14. The number of halogens is 1. The van der Waals surface area contributed by atoms with Gasteiger partial charge in [-0.05, 0) is 73.0 Å². The summed E-state index contributed by atoms with van der Waals surface area (Å²) in [5, 5.41) is 3.15. The third-order valence-corrected chi connectivity index (χ3v) is 3.40. The molecule has 0 aliphatic carbocycles. The van der Waals surface area contributed by atoms with Gasteiger partial charge < -0.3 is 10.1 Å². The summed E-state index contributed by atoms with van der Waals surface area (Å²) in [5.74, 6) is 1.58. The van der Waals surface area contributed by atoms with Crippen molar-refractivity contribution in [3.63, 3.8) is 0 Å². The highest BCUT2D eigenvalue weighted by Crippen LogP contribution is 2.22. The molecule has 0 spiro atoms. The predicted molar refractivity (Wildman–Crippen MR) is 80.9 cm³/mol. The highest BCUT2D eigenvalue weighted by Gasteiger charge is 2.04. The van der Waals surface area contributed by atoms with Crippen LogP contribution in [0, 0.1) is 3.57 Å². The number of aromatic nitrogens is 1. The molecule has 18 heavy (non-hydrogen) atoms. The normalized spacial score (nSPS) is 12.2. The van der Waals surface area contributed by atoms with Gasteiger partial charge in [-0.3, -0.25) is 4.98 Å². The fourth-order valence-corrected chi connectivity index (χ4v) is 1.85. The van der Waals surface area contributed by atoms with Crippen LogP contribution in [0.1, 0.15) is 18.7 Å². The first-order valence-corrected chi connectivity index (χ1v) is 6.83. The molecule has 1 N–H and O–H groups in total. The average Bonchev–Trinajstić information content (AvgIpc) is 2.41. The van der Waals surface area contributed by atoms with E-state index >= 15 is 0 Å². The van der Waals surface area contributed by atoms with Crippen LogP contribution in [0.15, 0.2) is 42.6 Å². The minimum absolute atomic E-state index is 0.248. The van der Waals surface area contributed by atoms with Gasteiger partial charge in [0.1, 0.15) is 11.5 Å². The summed E-state index contributed by atoms with van der Waals surface area (Å²) in [7, 11) is 1.92. The fourth-order valence-electron chi connectivity index (χ4n) is 1.49. The molecule has 0 aliphatic heterocycles. The van der Waals surface area contributed by atoms with E-state index in [0.717, 1.165) is 17.2 Å². The second-order valence-electron chi connectivity index (χ2n) is 3.99. The van der Waals surface area contributed by atoms with Crippen molar-refractivity contribution < 1.29 is 4.74 Å². The van der Waals surface area contributed by atoms with E-state index in [4.69, 9.17) is 4.74 Å². The molecule has 0 fully saturated rings. The monoisotopic (exact) mass is 354 g/mol. The van der Waals surface area contributed by atoms with Crippen molar-refractivity contribution in [3.05, 3.63) is 51.9 Å². The molecule has 94 valence electrons. The van der Waals surface area contributed by atoms with E-state index in [-0.39, 0.29) is 6.04 Å². The number of rotatable bonds is 4. The maximum absolute atomic E-state index is 5.72. The third kappa shape index (κ3) is 3.43.